The summed E-state index contributed by atoms with van der Waals surface area (Å²) in [4.78, 5) is 23.9. The minimum Gasteiger partial charge on any atom is -0.481 e. The molecule has 1 amide bonds. The van der Waals surface area contributed by atoms with Crippen molar-refractivity contribution < 1.29 is 14.7 Å². The molecule has 1 rings (SSSR count). The standard InChI is InChI=1S/C12H17NO3S/c1-9(6-12(15)16)5-11(14)13(2)7-10-3-4-17-8-10/h3-4,8-9H,5-7H2,1-2H3,(H,15,16). The first-order valence-electron chi connectivity index (χ1n) is 5.46. The van der Waals surface area contributed by atoms with Crippen molar-refractivity contribution >= 4 is 23.2 Å². The van der Waals surface area contributed by atoms with Gasteiger partial charge in [0, 0.05) is 26.4 Å². The van der Waals surface area contributed by atoms with Gasteiger partial charge in [0.1, 0.15) is 0 Å². The third-order valence-corrected chi connectivity index (χ3v) is 3.20. The lowest BCUT2D eigenvalue weighted by Crippen LogP contribution is -2.27. The fraction of sp³-hybridized carbons (Fsp3) is 0.500. The van der Waals surface area contributed by atoms with Crippen LogP contribution in [-0.2, 0) is 16.1 Å². The van der Waals surface area contributed by atoms with E-state index >= 15 is 0 Å². The van der Waals surface area contributed by atoms with Gasteiger partial charge in [-0.05, 0) is 28.3 Å². The highest BCUT2D eigenvalue weighted by Crippen LogP contribution is 2.12. The molecule has 0 aromatic carbocycles. The highest BCUT2D eigenvalue weighted by molar-refractivity contribution is 7.07. The Bertz CT molecular complexity index is 375. The monoisotopic (exact) mass is 255 g/mol. The van der Waals surface area contributed by atoms with Gasteiger partial charge in [0.15, 0.2) is 0 Å². The number of carboxylic acids is 1. The molecule has 0 spiro atoms. The summed E-state index contributed by atoms with van der Waals surface area (Å²) in [5.41, 5.74) is 1.11. The Morgan fingerprint density at radius 3 is 2.71 bits per heavy atom. The Morgan fingerprint density at radius 2 is 2.18 bits per heavy atom. The second-order valence-electron chi connectivity index (χ2n) is 4.29. The number of carbonyl (C=O) groups is 2. The number of carboxylic acid groups (broad SMARTS) is 1. The Labute approximate surface area is 105 Å². The van der Waals surface area contributed by atoms with E-state index in [1.54, 1.807) is 30.2 Å². The van der Waals surface area contributed by atoms with Crippen LogP contribution in [0.15, 0.2) is 16.8 Å². The molecule has 1 aromatic heterocycles. The predicted molar refractivity (Wildman–Crippen MR) is 66.8 cm³/mol. The average molecular weight is 255 g/mol. The molecule has 0 saturated carbocycles. The topological polar surface area (TPSA) is 57.6 Å². The summed E-state index contributed by atoms with van der Waals surface area (Å²) in [5, 5.41) is 12.6. The van der Waals surface area contributed by atoms with Crippen molar-refractivity contribution in [3.63, 3.8) is 0 Å². The molecule has 0 radical (unpaired) electrons. The second-order valence-corrected chi connectivity index (χ2v) is 5.07. The van der Waals surface area contributed by atoms with Crippen LogP contribution < -0.4 is 0 Å². The van der Waals surface area contributed by atoms with Crippen molar-refractivity contribution in [3.05, 3.63) is 22.4 Å². The highest BCUT2D eigenvalue weighted by atomic mass is 32.1. The highest BCUT2D eigenvalue weighted by Gasteiger charge is 2.15. The number of aliphatic carboxylic acids is 1. The zero-order chi connectivity index (χ0) is 12.8. The Hall–Kier alpha value is -1.36. The molecule has 1 aromatic rings. The van der Waals surface area contributed by atoms with Gasteiger partial charge < -0.3 is 10.0 Å². The molecular weight excluding hydrogens is 238 g/mol. The number of nitrogens with zero attached hydrogens (tertiary/aromatic N) is 1. The summed E-state index contributed by atoms with van der Waals surface area (Å²) >= 11 is 1.60. The first kappa shape index (κ1) is 13.7. The number of carbonyl (C=O) groups excluding carboxylic acids is 1. The molecule has 0 aliphatic rings. The van der Waals surface area contributed by atoms with Crippen LogP contribution in [0.1, 0.15) is 25.3 Å². The maximum Gasteiger partial charge on any atom is 0.303 e. The van der Waals surface area contributed by atoms with Gasteiger partial charge in [-0.3, -0.25) is 9.59 Å². The number of amides is 1. The molecule has 0 bridgehead atoms. The summed E-state index contributed by atoms with van der Waals surface area (Å²) < 4.78 is 0. The normalized spacial score (nSPS) is 12.1. The minimum atomic E-state index is -0.856. The number of rotatable bonds is 6. The Balaban J connectivity index is 2.39. The van der Waals surface area contributed by atoms with Crippen molar-refractivity contribution in [2.24, 2.45) is 5.92 Å². The van der Waals surface area contributed by atoms with E-state index in [4.69, 9.17) is 5.11 Å². The van der Waals surface area contributed by atoms with E-state index in [9.17, 15) is 9.59 Å². The molecule has 1 atom stereocenters. The molecule has 1 unspecified atom stereocenters. The summed E-state index contributed by atoms with van der Waals surface area (Å²) in [6.45, 7) is 2.37. The van der Waals surface area contributed by atoms with E-state index < -0.39 is 5.97 Å². The Morgan fingerprint density at radius 1 is 1.47 bits per heavy atom. The minimum absolute atomic E-state index is 0.00931. The molecule has 0 fully saturated rings. The average Bonchev–Trinajstić information content (AvgIpc) is 2.68. The van der Waals surface area contributed by atoms with E-state index in [0.29, 0.717) is 6.54 Å². The largest absolute Gasteiger partial charge is 0.481 e. The molecule has 94 valence electrons. The molecule has 5 heteroatoms. The molecule has 1 N–H and O–H groups in total. The number of hydrogen-bond donors (Lipinski definition) is 1. The van der Waals surface area contributed by atoms with E-state index in [1.807, 2.05) is 16.8 Å². The summed E-state index contributed by atoms with van der Waals surface area (Å²) in [7, 11) is 1.74. The van der Waals surface area contributed by atoms with Gasteiger partial charge in [0.05, 0.1) is 0 Å². The van der Waals surface area contributed by atoms with Gasteiger partial charge in [-0.2, -0.15) is 11.3 Å². The van der Waals surface area contributed by atoms with Gasteiger partial charge in [-0.1, -0.05) is 6.92 Å². The molecule has 0 saturated heterocycles. The summed E-state index contributed by atoms with van der Waals surface area (Å²) in [6.07, 6.45) is 0.324. The van der Waals surface area contributed by atoms with Crippen LogP contribution in [0.2, 0.25) is 0 Å². The first-order valence-corrected chi connectivity index (χ1v) is 6.40. The van der Waals surface area contributed by atoms with Gasteiger partial charge in [0.25, 0.3) is 0 Å². The molecule has 4 nitrogen and oxygen atoms in total. The smallest absolute Gasteiger partial charge is 0.303 e. The van der Waals surface area contributed by atoms with Crippen molar-refractivity contribution in [1.82, 2.24) is 4.90 Å². The van der Waals surface area contributed by atoms with Gasteiger partial charge in [0.2, 0.25) is 5.91 Å². The van der Waals surface area contributed by atoms with Crippen molar-refractivity contribution in [2.45, 2.75) is 26.3 Å². The van der Waals surface area contributed by atoms with Crippen molar-refractivity contribution in [3.8, 4) is 0 Å². The van der Waals surface area contributed by atoms with Crippen LogP contribution >= 0.6 is 11.3 Å². The fourth-order valence-electron chi connectivity index (χ4n) is 1.57. The Kier molecular flexibility index (Phi) is 5.15. The zero-order valence-electron chi connectivity index (χ0n) is 10.0. The zero-order valence-corrected chi connectivity index (χ0v) is 10.9. The van der Waals surface area contributed by atoms with E-state index in [0.717, 1.165) is 5.56 Å². The van der Waals surface area contributed by atoms with Crippen LogP contribution in [0.3, 0.4) is 0 Å². The molecule has 0 aliphatic carbocycles. The summed E-state index contributed by atoms with van der Waals surface area (Å²) in [5.74, 6) is -0.985. The van der Waals surface area contributed by atoms with Gasteiger partial charge in [-0.15, -0.1) is 0 Å². The third-order valence-electron chi connectivity index (χ3n) is 2.47. The third kappa shape index (κ3) is 4.99. The second kappa shape index (κ2) is 6.39. The molecule has 1 heterocycles. The van der Waals surface area contributed by atoms with Crippen molar-refractivity contribution in [1.29, 1.82) is 0 Å². The van der Waals surface area contributed by atoms with E-state index in [1.165, 1.54) is 0 Å². The molecule has 17 heavy (non-hydrogen) atoms. The molecule has 0 aliphatic heterocycles. The quantitative estimate of drug-likeness (QED) is 0.847. The predicted octanol–water partition coefficient (Wildman–Crippen LogP) is 2.21. The maximum atomic E-state index is 11.8. The fourth-order valence-corrected chi connectivity index (χ4v) is 2.23. The lowest BCUT2D eigenvalue weighted by molar-refractivity contribution is -0.138. The number of thiophene rings is 1. The van der Waals surface area contributed by atoms with Crippen LogP contribution in [-0.4, -0.2) is 28.9 Å². The maximum absolute atomic E-state index is 11.8. The van der Waals surface area contributed by atoms with Crippen LogP contribution in [0, 0.1) is 5.92 Å². The van der Waals surface area contributed by atoms with Crippen molar-refractivity contribution in [2.75, 3.05) is 7.05 Å². The van der Waals surface area contributed by atoms with E-state index in [2.05, 4.69) is 0 Å². The van der Waals surface area contributed by atoms with E-state index in [-0.39, 0.29) is 24.7 Å². The van der Waals surface area contributed by atoms with Gasteiger partial charge in [-0.25, -0.2) is 0 Å². The SMILES string of the molecule is CC(CC(=O)O)CC(=O)N(C)Cc1ccsc1. The lowest BCUT2D eigenvalue weighted by Gasteiger charge is -2.18. The van der Waals surface area contributed by atoms with Gasteiger partial charge >= 0.3 is 5.97 Å². The van der Waals surface area contributed by atoms with Crippen LogP contribution in [0.25, 0.3) is 0 Å². The summed E-state index contributed by atoms with van der Waals surface area (Å²) in [6, 6.07) is 1.98. The first-order chi connectivity index (χ1) is 7.99. The van der Waals surface area contributed by atoms with Crippen LogP contribution in [0.5, 0.6) is 0 Å². The molecular formula is C12H17NO3S. The number of hydrogen-bond acceptors (Lipinski definition) is 3. The van der Waals surface area contributed by atoms with Crippen LogP contribution in [0.4, 0.5) is 0 Å². The lowest BCUT2D eigenvalue weighted by atomic mass is 10.0.